The summed E-state index contributed by atoms with van der Waals surface area (Å²) >= 11 is 0. The predicted octanol–water partition coefficient (Wildman–Crippen LogP) is 3.63. The molecule has 0 saturated carbocycles. The van der Waals surface area contributed by atoms with Gasteiger partial charge in [0.1, 0.15) is 0 Å². The maximum Gasteiger partial charge on any atom is -0.00693 e. The molecule has 0 atom stereocenters. The second-order valence-electron chi connectivity index (χ2n) is 4.36. The van der Waals surface area contributed by atoms with Crippen LogP contribution in [-0.4, -0.2) is 0 Å². The molecule has 0 heterocycles. The van der Waals surface area contributed by atoms with Crippen molar-refractivity contribution in [3.8, 4) is 0 Å². The highest BCUT2D eigenvalue weighted by Crippen LogP contribution is 2.45. The first-order valence-electron chi connectivity index (χ1n) is 4.77. The van der Waals surface area contributed by atoms with Crippen LogP contribution >= 0.6 is 0 Å². The van der Waals surface area contributed by atoms with Crippen LogP contribution < -0.4 is 0 Å². The smallest absolute Gasteiger partial charge is 0.00693 e. The van der Waals surface area contributed by atoms with Gasteiger partial charge in [-0.15, -0.1) is 0 Å². The van der Waals surface area contributed by atoms with Gasteiger partial charge in [0.2, 0.25) is 0 Å². The van der Waals surface area contributed by atoms with Crippen LogP contribution in [0.4, 0.5) is 0 Å². The van der Waals surface area contributed by atoms with Crippen molar-refractivity contribution in [3.05, 3.63) is 12.2 Å². The van der Waals surface area contributed by atoms with E-state index in [0.29, 0.717) is 5.41 Å². The van der Waals surface area contributed by atoms with E-state index in [1.807, 2.05) is 0 Å². The third-order valence-corrected chi connectivity index (χ3v) is 3.32. The number of allylic oxidation sites excluding steroid dienone is 2. The van der Waals surface area contributed by atoms with Crippen LogP contribution in [-0.2, 0) is 0 Å². The summed E-state index contributed by atoms with van der Waals surface area (Å²) in [6, 6.07) is 0. The zero-order valence-electron chi connectivity index (χ0n) is 8.22. The minimum absolute atomic E-state index is 0.514. The molecule has 0 radical (unpaired) electrons. The van der Waals surface area contributed by atoms with Crippen LogP contribution in [0, 0.1) is 17.3 Å². The lowest BCUT2D eigenvalue weighted by Crippen LogP contribution is -2.28. The Morgan fingerprint density at radius 2 is 1.64 bits per heavy atom. The largest absolute Gasteiger partial charge is 0.0879 e. The molecule has 0 amide bonds. The van der Waals surface area contributed by atoms with Crippen molar-refractivity contribution in [2.45, 2.75) is 40.5 Å². The molecule has 0 nitrogen and oxygen atoms in total. The van der Waals surface area contributed by atoms with Crippen molar-refractivity contribution in [1.29, 1.82) is 0 Å². The third-order valence-electron chi connectivity index (χ3n) is 3.32. The number of rotatable bonds is 2. The van der Waals surface area contributed by atoms with Gasteiger partial charge >= 0.3 is 0 Å². The first-order valence-corrected chi connectivity index (χ1v) is 4.77. The molecule has 1 aliphatic rings. The minimum atomic E-state index is 0.514. The lowest BCUT2D eigenvalue weighted by molar-refractivity contribution is 0.177. The predicted molar refractivity (Wildman–Crippen MR) is 50.5 cm³/mol. The standard InChI is InChI=1S/C11H20/c1-9(2)11(10(3)4)7-5-6-8-11/h5,7,9-10H,6,8H2,1-4H3. The highest BCUT2D eigenvalue weighted by atomic mass is 14.4. The summed E-state index contributed by atoms with van der Waals surface area (Å²) in [5.41, 5.74) is 0.514. The van der Waals surface area contributed by atoms with E-state index in [1.165, 1.54) is 12.8 Å². The van der Waals surface area contributed by atoms with E-state index in [1.54, 1.807) is 0 Å². The lowest BCUT2D eigenvalue weighted by Gasteiger charge is -2.36. The van der Waals surface area contributed by atoms with E-state index in [-0.39, 0.29) is 0 Å². The third kappa shape index (κ3) is 1.36. The van der Waals surface area contributed by atoms with Gasteiger partial charge in [-0.05, 0) is 30.1 Å². The van der Waals surface area contributed by atoms with Gasteiger partial charge in [-0.2, -0.15) is 0 Å². The molecule has 1 rings (SSSR count). The summed E-state index contributed by atoms with van der Waals surface area (Å²) in [6.45, 7) is 9.37. The Balaban J connectivity index is 2.80. The molecule has 11 heavy (non-hydrogen) atoms. The van der Waals surface area contributed by atoms with Crippen molar-refractivity contribution in [2.75, 3.05) is 0 Å². The average molecular weight is 152 g/mol. The first kappa shape index (κ1) is 8.83. The molecule has 0 aromatic carbocycles. The molecule has 0 fully saturated rings. The highest BCUT2D eigenvalue weighted by Gasteiger charge is 2.35. The zero-order valence-corrected chi connectivity index (χ0v) is 8.22. The summed E-state index contributed by atoms with van der Waals surface area (Å²) in [6.07, 6.45) is 7.45. The van der Waals surface area contributed by atoms with Gasteiger partial charge in [0, 0.05) is 0 Å². The molecule has 0 unspecified atom stereocenters. The topological polar surface area (TPSA) is 0 Å². The Morgan fingerprint density at radius 1 is 1.09 bits per heavy atom. The quantitative estimate of drug-likeness (QED) is 0.530. The summed E-state index contributed by atoms with van der Waals surface area (Å²) in [7, 11) is 0. The van der Waals surface area contributed by atoms with Gasteiger partial charge in [0.25, 0.3) is 0 Å². The first-order chi connectivity index (χ1) is 5.09. The molecule has 1 aliphatic carbocycles. The Labute approximate surface area is 70.7 Å². The molecule has 64 valence electrons. The van der Waals surface area contributed by atoms with Gasteiger partial charge < -0.3 is 0 Å². The van der Waals surface area contributed by atoms with E-state index in [4.69, 9.17) is 0 Å². The molecule has 0 aliphatic heterocycles. The van der Waals surface area contributed by atoms with Crippen molar-refractivity contribution >= 4 is 0 Å². The fourth-order valence-corrected chi connectivity index (χ4v) is 2.35. The molecular weight excluding hydrogens is 132 g/mol. The summed E-state index contributed by atoms with van der Waals surface area (Å²) in [4.78, 5) is 0. The second-order valence-corrected chi connectivity index (χ2v) is 4.36. The van der Waals surface area contributed by atoms with E-state index >= 15 is 0 Å². The van der Waals surface area contributed by atoms with Gasteiger partial charge in [-0.25, -0.2) is 0 Å². The molecule has 0 aromatic heterocycles. The summed E-state index contributed by atoms with van der Waals surface area (Å²) in [5, 5.41) is 0. The van der Waals surface area contributed by atoms with E-state index in [0.717, 1.165) is 11.8 Å². The van der Waals surface area contributed by atoms with Crippen molar-refractivity contribution in [3.63, 3.8) is 0 Å². The van der Waals surface area contributed by atoms with Gasteiger partial charge in [-0.3, -0.25) is 0 Å². The van der Waals surface area contributed by atoms with Crippen LogP contribution in [0.3, 0.4) is 0 Å². The number of hydrogen-bond acceptors (Lipinski definition) is 0. The molecule has 0 bridgehead atoms. The normalized spacial score (nSPS) is 22.0. The van der Waals surface area contributed by atoms with E-state index < -0.39 is 0 Å². The average Bonchev–Trinajstić information content (AvgIpc) is 2.34. The monoisotopic (exact) mass is 152 g/mol. The van der Waals surface area contributed by atoms with Crippen LogP contribution in [0.15, 0.2) is 12.2 Å². The molecule has 0 N–H and O–H groups in total. The van der Waals surface area contributed by atoms with Crippen LogP contribution in [0.5, 0.6) is 0 Å². The van der Waals surface area contributed by atoms with Crippen molar-refractivity contribution in [2.24, 2.45) is 17.3 Å². The Morgan fingerprint density at radius 3 is 1.82 bits per heavy atom. The van der Waals surface area contributed by atoms with Gasteiger partial charge in [0.05, 0.1) is 0 Å². The Kier molecular flexibility index (Phi) is 2.41. The summed E-state index contributed by atoms with van der Waals surface area (Å²) in [5.74, 6) is 1.59. The lowest BCUT2D eigenvalue weighted by atomic mass is 9.69. The maximum absolute atomic E-state index is 2.45. The van der Waals surface area contributed by atoms with Crippen LogP contribution in [0.1, 0.15) is 40.5 Å². The molecule has 0 saturated heterocycles. The Hall–Kier alpha value is -0.260. The number of hydrogen-bond donors (Lipinski definition) is 0. The molecular formula is C11H20. The van der Waals surface area contributed by atoms with Crippen LogP contribution in [0.2, 0.25) is 0 Å². The maximum atomic E-state index is 2.45. The van der Waals surface area contributed by atoms with Gasteiger partial charge in [-0.1, -0.05) is 39.8 Å². The highest BCUT2D eigenvalue weighted by molar-refractivity contribution is 5.09. The van der Waals surface area contributed by atoms with Gasteiger partial charge in [0.15, 0.2) is 0 Å². The SMILES string of the molecule is CC(C)C1(C(C)C)C=CCC1. The van der Waals surface area contributed by atoms with Crippen molar-refractivity contribution < 1.29 is 0 Å². The van der Waals surface area contributed by atoms with E-state index in [2.05, 4.69) is 39.8 Å². The fraction of sp³-hybridized carbons (Fsp3) is 0.818. The Bertz CT molecular complexity index is 143. The zero-order chi connectivity index (χ0) is 8.48. The molecule has 0 spiro atoms. The van der Waals surface area contributed by atoms with Crippen LogP contribution in [0.25, 0.3) is 0 Å². The van der Waals surface area contributed by atoms with E-state index in [9.17, 15) is 0 Å². The fourth-order valence-electron chi connectivity index (χ4n) is 2.35. The van der Waals surface area contributed by atoms with Crippen molar-refractivity contribution in [1.82, 2.24) is 0 Å². The minimum Gasteiger partial charge on any atom is -0.0879 e. The molecule has 0 aromatic rings. The molecule has 0 heteroatoms. The summed E-state index contributed by atoms with van der Waals surface area (Å²) < 4.78 is 0. The second kappa shape index (κ2) is 3.00.